The van der Waals surface area contributed by atoms with Gasteiger partial charge in [-0.05, 0) is 40.2 Å². The van der Waals surface area contributed by atoms with Crippen molar-refractivity contribution in [2.24, 2.45) is 7.05 Å². The molecule has 0 unspecified atom stereocenters. The molecule has 0 spiro atoms. The molecule has 19 heavy (non-hydrogen) atoms. The molecule has 102 valence electrons. The lowest BCUT2D eigenvalue weighted by Crippen LogP contribution is -2.11. The third-order valence-corrected chi connectivity index (χ3v) is 3.35. The highest BCUT2D eigenvalue weighted by Gasteiger charge is 2.04. The van der Waals surface area contributed by atoms with Gasteiger partial charge in [-0.2, -0.15) is 5.10 Å². The second-order valence-corrected chi connectivity index (χ2v) is 5.21. The molecule has 0 aliphatic heterocycles. The van der Waals surface area contributed by atoms with E-state index in [0.29, 0.717) is 6.61 Å². The van der Waals surface area contributed by atoms with Crippen LogP contribution in [-0.2, 0) is 20.2 Å². The minimum atomic E-state index is 0.527. The molecule has 0 radical (unpaired) electrons. The van der Waals surface area contributed by atoms with Gasteiger partial charge in [-0.15, -0.1) is 0 Å². The normalized spacial score (nSPS) is 10.7. The average Bonchev–Trinajstić information content (AvgIpc) is 2.81. The molecule has 2 aromatic rings. The summed E-state index contributed by atoms with van der Waals surface area (Å²) in [6.45, 7) is 4.47. The van der Waals surface area contributed by atoms with Crippen LogP contribution in [0, 0.1) is 0 Å². The average molecular weight is 324 g/mol. The maximum atomic E-state index is 5.78. The summed E-state index contributed by atoms with van der Waals surface area (Å²) in [5, 5.41) is 7.42. The Morgan fingerprint density at radius 2 is 2.21 bits per heavy atom. The van der Waals surface area contributed by atoms with Gasteiger partial charge in [0.2, 0.25) is 0 Å². The van der Waals surface area contributed by atoms with Gasteiger partial charge in [-0.1, -0.05) is 13.0 Å². The molecular weight excluding hydrogens is 306 g/mol. The number of ether oxygens (including phenoxy) is 1. The van der Waals surface area contributed by atoms with Gasteiger partial charge in [0.1, 0.15) is 12.4 Å². The number of aromatic nitrogens is 2. The Bertz CT molecular complexity index is 539. The van der Waals surface area contributed by atoms with E-state index in [1.165, 1.54) is 5.56 Å². The number of hydrogen-bond acceptors (Lipinski definition) is 3. The zero-order valence-electron chi connectivity index (χ0n) is 11.2. The molecule has 0 atom stereocenters. The predicted molar refractivity (Wildman–Crippen MR) is 79.1 cm³/mol. The zero-order chi connectivity index (χ0) is 13.7. The molecular formula is C14H18BrN3O. The van der Waals surface area contributed by atoms with Crippen molar-refractivity contribution in [3.63, 3.8) is 0 Å². The molecule has 0 bridgehead atoms. The van der Waals surface area contributed by atoms with E-state index in [9.17, 15) is 0 Å². The Morgan fingerprint density at radius 1 is 1.37 bits per heavy atom. The Balaban J connectivity index is 1.96. The van der Waals surface area contributed by atoms with Crippen molar-refractivity contribution in [3.05, 3.63) is 46.2 Å². The third kappa shape index (κ3) is 4.08. The Kier molecular flexibility index (Phi) is 4.99. The first-order valence-corrected chi connectivity index (χ1v) is 7.08. The number of aryl methyl sites for hydroxylation is 1. The minimum absolute atomic E-state index is 0.527. The van der Waals surface area contributed by atoms with Gasteiger partial charge in [0.05, 0.1) is 10.7 Å². The summed E-state index contributed by atoms with van der Waals surface area (Å²) in [6.07, 6.45) is 3.76. The highest BCUT2D eigenvalue weighted by atomic mass is 79.9. The van der Waals surface area contributed by atoms with E-state index in [1.54, 1.807) is 4.68 Å². The lowest BCUT2D eigenvalue weighted by atomic mass is 10.2. The van der Waals surface area contributed by atoms with E-state index in [2.05, 4.69) is 45.4 Å². The third-order valence-electron chi connectivity index (χ3n) is 2.73. The topological polar surface area (TPSA) is 39.1 Å². The van der Waals surface area contributed by atoms with E-state index < -0.39 is 0 Å². The fraction of sp³-hybridized carbons (Fsp3) is 0.357. The monoisotopic (exact) mass is 323 g/mol. The smallest absolute Gasteiger partial charge is 0.134 e. The zero-order valence-corrected chi connectivity index (χ0v) is 12.8. The Labute approximate surface area is 121 Å². The molecule has 0 aliphatic carbocycles. The van der Waals surface area contributed by atoms with E-state index in [4.69, 9.17) is 4.74 Å². The molecule has 0 saturated heterocycles. The Hall–Kier alpha value is -1.33. The number of halogens is 1. The van der Waals surface area contributed by atoms with Crippen molar-refractivity contribution in [2.75, 3.05) is 6.54 Å². The van der Waals surface area contributed by atoms with Gasteiger partial charge in [-0.3, -0.25) is 4.68 Å². The van der Waals surface area contributed by atoms with Crippen molar-refractivity contribution in [1.82, 2.24) is 15.1 Å². The molecule has 0 fully saturated rings. The summed E-state index contributed by atoms with van der Waals surface area (Å²) in [4.78, 5) is 0. The van der Waals surface area contributed by atoms with Crippen LogP contribution in [0.4, 0.5) is 0 Å². The van der Waals surface area contributed by atoms with Crippen LogP contribution in [0.5, 0.6) is 5.75 Å². The predicted octanol–water partition coefficient (Wildman–Crippen LogP) is 2.87. The number of rotatable bonds is 6. The van der Waals surface area contributed by atoms with Crippen LogP contribution in [0.3, 0.4) is 0 Å². The van der Waals surface area contributed by atoms with Crippen LogP contribution in [-0.4, -0.2) is 16.3 Å². The standard InChI is InChI=1S/C14H18BrN3O/c1-3-16-7-11-4-5-14(13(15)6-11)19-10-12-8-17-18(2)9-12/h4-6,8-9,16H,3,7,10H2,1-2H3. The summed E-state index contributed by atoms with van der Waals surface area (Å²) >= 11 is 3.54. The highest BCUT2D eigenvalue weighted by molar-refractivity contribution is 9.10. The molecule has 0 amide bonds. The molecule has 1 heterocycles. The van der Waals surface area contributed by atoms with E-state index in [1.807, 2.05) is 25.5 Å². The molecule has 1 N–H and O–H groups in total. The van der Waals surface area contributed by atoms with Gasteiger partial charge in [0.25, 0.3) is 0 Å². The summed E-state index contributed by atoms with van der Waals surface area (Å²) in [6, 6.07) is 6.15. The van der Waals surface area contributed by atoms with Gasteiger partial charge in [-0.25, -0.2) is 0 Å². The molecule has 0 saturated carbocycles. The Morgan fingerprint density at radius 3 is 2.84 bits per heavy atom. The van der Waals surface area contributed by atoms with Crippen LogP contribution in [0.25, 0.3) is 0 Å². The highest BCUT2D eigenvalue weighted by Crippen LogP contribution is 2.26. The van der Waals surface area contributed by atoms with Crippen molar-refractivity contribution in [1.29, 1.82) is 0 Å². The van der Waals surface area contributed by atoms with Gasteiger partial charge in [0.15, 0.2) is 0 Å². The number of hydrogen-bond donors (Lipinski definition) is 1. The van der Waals surface area contributed by atoms with Crippen molar-refractivity contribution in [2.45, 2.75) is 20.1 Å². The van der Waals surface area contributed by atoms with Crippen molar-refractivity contribution >= 4 is 15.9 Å². The first-order chi connectivity index (χ1) is 9.19. The molecule has 4 nitrogen and oxygen atoms in total. The van der Waals surface area contributed by atoms with Crippen LogP contribution in [0.2, 0.25) is 0 Å². The lowest BCUT2D eigenvalue weighted by Gasteiger charge is -2.09. The number of nitrogens with one attached hydrogen (secondary N) is 1. The maximum absolute atomic E-state index is 5.78. The summed E-state index contributed by atoms with van der Waals surface area (Å²) in [5.41, 5.74) is 2.30. The van der Waals surface area contributed by atoms with Crippen LogP contribution >= 0.6 is 15.9 Å². The van der Waals surface area contributed by atoms with Gasteiger partial charge >= 0.3 is 0 Å². The maximum Gasteiger partial charge on any atom is 0.134 e. The van der Waals surface area contributed by atoms with Gasteiger partial charge in [0, 0.05) is 25.4 Å². The number of nitrogens with zero attached hydrogens (tertiary/aromatic N) is 2. The van der Waals surface area contributed by atoms with E-state index in [-0.39, 0.29) is 0 Å². The van der Waals surface area contributed by atoms with E-state index in [0.717, 1.165) is 28.9 Å². The van der Waals surface area contributed by atoms with E-state index >= 15 is 0 Å². The molecule has 1 aromatic carbocycles. The lowest BCUT2D eigenvalue weighted by molar-refractivity contribution is 0.304. The van der Waals surface area contributed by atoms with Crippen molar-refractivity contribution in [3.8, 4) is 5.75 Å². The second kappa shape index (κ2) is 6.73. The molecule has 5 heteroatoms. The largest absolute Gasteiger partial charge is 0.488 e. The van der Waals surface area contributed by atoms with Crippen LogP contribution in [0.15, 0.2) is 35.1 Å². The summed E-state index contributed by atoms with van der Waals surface area (Å²) < 4.78 is 8.52. The fourth-order valence-corrected chi connectivity index (χ4v) is 2.29. The van der Waals surface area contributed by atoms with Crippen molar-refractivity contribution < 1.29 is 4.74 Å². The summed E-state index contributed by atoms with van der Waals surface area (Å²) in [5.74, 6) is 0.851. The molecule has 1 aromatic heterocycles. The molecule has 2 rings (SSSR count). The van der Waals surface area contributed by atoms with Crippen LogP contribution in [0.1, 0.15) is 18.1 Å². The quantitative estimate of drug-likeness (QED) is 0.888. The van der Waals surface area contributed by atoms with Crippen LogP contribution < -0.4 is 10.1 Å². The summed E-state index contributed by atoms with van der Waals surface area (Å²) in [7, 11) is 1.90. The first-order valence-electron chi connectivity index (χ1n) is 6.28. The molecule has 0 aliphatic rings. The van der Waals surface area contributed by atoms with Gasteiger partial charge < -0.3 is 10.1 Å². The SMILES string of the molecule is CCNCc1ccc(OCc2cnn(C)c2)c(Br)c1. The fourth-order valence-electron chi connectivity index (χ4n) is 1.75. The second-order valence-electron chi connectivity index (χ2n) is 4.36. The minimum Gasteiger partial charge on any atom is -0.488 e. The first kappa shape index (κ1) is 14.1. The number of benzene rings is 1.